The molecule has 0 radical (unpaired) electrons. The molecule has 146 valence electrons. The Morgan fingerprint density at radius 2 is 2.04 bits per heavy atom. The predicted octanol–water partition coefficient (Wildman–Crippen LogP) is 3.44. The quantitative estimate of drug-likeness (QED) is 0.451. The maximum Gasteiger partial charge on any atom is 0.270 e. The lowest BCUT2D eigenvalue weighted by Crippen LogP contribution is -2.25. The largest absolute Gasteiger partial charge is 0.321 e. The number of nitro benzene ring substituents is 1. The summed E-state index contributed by atoms with van der Waals surface area (Å²) in [4.78, 5) is 22.5. The minimum atomic E-state index is -3.35. The summed E-state index contributed by atoms with van der Waals surface area (Å²) in [6.45, 7) is 0.379. The van der Waals surface area contributed by atoms with Gasteiger partial charge >= 0.3 is 0 Å². The normalized spacial score (nSPS) is 15.7. The van der Waals surface area contributed by atoms with Crippen molar-refractivity contribution in [2.75, 3.05) is 21.9 Å². The molecule has 1 fully saturated rings. The van der Waals surface area contributed by atoms with Crippen molar-refractivity contribution in [1.29, 1.82) is 0 Å². The van der Waals surface area contributed by atoms with Gasteiger partial charge in [-0.2, -0.15) is 0 Å². The van der Waals surface area contributed by atoms with Crippen molar-refractivity contribution in [3.8, 4) is 0 Å². The molecule has 3 rings (SSSR count). The molecule has 0 aromatic heterocycles. The SMILES string of the molecule is O=C(/C=C/c1cccc([N+](=O)[O-])c1)Nc1cc(N2CCCS2(=O)=O)ccc1Cl. The Labute approximate surface area is 166 Å². The lowest BCUT2D eigenvalue weighted by Gasteiger charge is -2.18. The zero-order valence-electron chi connectivity index (χ0n) is 14.5. The smallest absolute Gasteiger partial charge is 0.270 e. The second kappa shape index (κ2) is 7.99. The Hall–Kier alpha value is -2.91. The van der Waals surface area contributed by atoms with Gasteiger partial charge in [0.05, 0.1) is 27.1 Å². The van der Waals surface area contributed by atoms with Gasteiger partial charge in [-0.25, -0.2) is 8.42 Å². The van der Waals surface area contributed by atoms with Gasteiger partial charge in [-0.15, -0.1) is 0 Å². The van der Waals surface area contributed by atoms with Gasteiger partial charge in [-0.3, -0.25) is 19.2 Å². The van der Waals surface area contributed by atoms with Crippen molar-refractivity contribution in [1.82, 2.24) is 0 Å². The molecule has 1 amide bonds. The summed E-state index contributed by atoms with van der Waals surface area (Å²) in [5, 5.41) is 13.7. The first kappa shape index (κ1) is 19.8. The molecule has 8 nitrogen and oxygen atoms in total. The summed E-state index contributed by atoms with van der Waals surface area (Å²) in [6, 6.07) is 10.5. The number of nitro groups is 1. The molecule has 1 aliphatic heterocycles. The number of anilines is 2. The van der Waals surface area contributed by atoms with Gasteiger partial charge in [-0.1, -0.05) is 23.7 Å². The molecule has 0 aliphatic carbocycles. The van der Waals surface area contributed by atoms with E-state index < -0.39 is 20.9 Å². The molecule has 0 unspecified atom stereocenters. The van der Waals surface area contributed by atoms with Gasteiger partial charge in [0.1, 0.15) is 0 Å². The van der Waals surface area contributed by atoms with Crippen molar-refractivity contribution in [2.24, 2.45) is 0 Å². The molecule has 1 saturated heterocycles. The molecule has 1 N–H and O–H groups in total. The number of sulfonamides is 1. The first-order chi connectivity index (χ1) is 13.3. The molecule has 0 bridgehead atoms. The van der Waals surface area contributed by atoms with E-state index in [2.05, 4.69) is 5.32 Å². The van der Waals surface area contributed by atoms with Crippen LogP contribution in [0, 0.1) is 10.1 Å². The third kappa shape index (κ3) is 4.49. The first-order valence-corrected chi connectivity index (χ1v) is 10.3. The zero-order chi connectivity index (χ0) is 20.3. The van der Waals surface area contributed by atoms with Gasteiger partial charge in [0.15, 0.2) is 0 Å². The van der Waals surface area contributed by atoms with E-state index in [-0.39, 0.29) is 22.2 Å². The highest BCUT2D eigenvalue weighted by molar-refractivity contribution is 7.93. The van der Waals surface area contributed by atoms with Crippen molar-refractivity contribution in [2.45, 2.75) is 6.42 Å². The third-order valence-electron chi connectivity index (χ3n) is 4.10. The number of hydrogen-bond acceptors (Lipinski definition) is 5. The van der Waals surface area contributed by atoms with E-state index in [1.165, 1.54) is 46.8 Å². The van der Waals surface area contributed by atoms with Crippen molar-refractivity contribution in [3.05, 3.63) is 69.2 Å². The summed E-state index contributed by atoms with van der Waals surface area (Å²) < 4.78 is 25.4. The van der Waals surface area contributed by atoms with Crippen molar-refractivity contribution < 1.29 is 18.1 Å². The number of non-ortho nitro benzene ring substituents is 1. The Morgan fingerprint density at radius 1 is 1.25 bits per heavy atom. The van der Waals surface area contributed by atoms with Gasteiger partial charge in [0.2, 0.25) is 15.9 Å². The van der Waals surface area contributed by atoms with E-state index >= 15 is 0 Å². The number of nitrogens with zero attached hydrogens (tertiary/aromatic N) is 2. The maximum absolute atomic E-state index is 12.2. The number of nitrogens with one attached hydrogen (secondary N) is 1. The Kier molecular flexibility index (Phi) is 5.66. The topological polar surface area (TPSA) is 110 Å². The van der Waals surface area contributed by atoms with Crippen LogP contribution in [0.4, 0.5) is 17.1 Å². The Morgan fingerprint density at radius 3 is 2.71 bits per heavy atom. The standard InChI is InChI=1S/C18H16ClN3O5S/c19-16-7-6-14(21-9-2-10-28(21,26)27)12-17(16)20-18(23)8-5-13-3-1-4-15(11-13)22(24)25/h1,3-8,11-12H,2,9-10H2,(H,20,23)/b8-5+. The highest BCUT2D eigenvalue weighted by Gasteiger charge is 2.28. The van der Waals surface area contributed by atoms with Crippen LogP contribution in [0.3, 0.4) is 0 Å². The van der Waals surface area contributed by atoms with Crippen LogP contribution in [0.1, 0.15) is 12.0 Å². The fraction of sp³-hybridized carbons (Fsp3) is 0.167. The summed E-state index contributed by atoms with van der Waals surface area (Å²) in [5.41, 5.74) is 1.12. The first-order valence-electron chi connectivity index (χ1n) is 8.30. The number of rotatable bonds is 5. The number of halogens is 1. The minimum absolute atomic E-state index is 0.0786. The van der Waals surface area contributed by atoms with Crippen molar-refractivity contribution in [3.63, 3.8) is 0 Å². The van der Waals surface area contributed by atoms with E-state index in [0.717, 1.165) is 0 Å². The van der Waals surface area contributed by atoms with E-state index in [1.807, 2.05) is 0 Å². The molecule has 0 spiro atoms. The summed E-state index contributed by atoms with van der Waals surface area (Å²) in [5.74, 6) is -0.418. The zero-order valence-corrected chi connectivity index (χ0v) is 16.1. The van der Waals surface area contributed by atoms with E-state index in [1.54, 1.807) is 12.1 Å². The average molecular weight is 422 g/mol. The number of amides is 1. The van der Waals surface area contributed by atoms with E-state index in [4.69, 9.17) is 11.6 Å². The second-order valence-corrected chi connectivity index (χ2v) is 8.50. The number of benzene rings is 2. The van der Waals surface area contributed by atoms with Crippen LogP contribution >= 0.6 is 11.6 Å². The molecule has 1 heterocycles. The number of carbonyl (C=O) groups is 1. The van der Waals surface area contributed by atoms with Crippen LogP contribution in [-0.4, -0.2) is 31.5 Å². The highest BCUT2D eigenvalue weighted by Crippen LogP contribution is 2.31. The minimum Gasteiger partial charge on any atom is -0.321 e. The average Bonchev–Trinajstić information content (AvgIpc) is 3.01. The monoisotopic (exact) mass is 421 g/mol. The second-order valence-electron chi connectivity index (χ2n) is 6.08. The molecule has 28 heavy (non-hydrogen) atoms. The summed E-state index contributed by atoms with van der Waals surface area (Å²) in [6.07, 6.45) is 3.19. The molecule has 10 heteroatoms. The summed E-state index contributed by atoms with van der Waals surface area (Å²) in [7, 11) is -3.35. The fourth-order valence-electron chi connectivity index (χ4n) is 2.78. The van der Waals surface area contributed by atoms with Crippen LogP contribution in [0.25, 0.3) is 6.08 Å². The maximum atomic E-state index is 12.2. The van der Waals surface area contributed by atoms with E-state index in [0.29, 0.717) is 24.2 Å². The lowest BCUT2D eigenvalue weighted by atomic mass is 10.2. The van der Waals surface area contributed by atoms with Crippen LogP contribution in [0.5, 0.6) is 0 Å². The lowest BCUT2D eigenvalue weighted by molar-refractivity contribution is -0.384. The highest BCUT2D eigenvalue weighted by atomic mass is 35.5. The Balaban J connectivity index is 1.76. The Bertz CT molecular complexity index is 1070. The molecule has 2 aromatic rings. The molecule has 1 aliphatic rings. The van der Waals surface area contributed by atoms with Gasteiger partial charge < -0.3 is 5.32 Å². The fourth-order valence-corrected chi connectivity index (χ4v) is 4.50. The van der Waals surface area contributed by atoms with Crippen LogP contribution < -0.4 is 9.62 Å². The van der Waals surface area contributed by atoms with Gasteiger partial charge in [-0.05, 0) is 36.3 Å². The van der Waals surface area contributed by atoms with E-state index in [9.17, 15) is 23.3 Å². The predicted molar refractivity (Wildman–Crippen MR) is 108 cm³/mol. The summed E-state index contributed by atoms with van der Waals surface area (Å²) >= 11 is 6.11. The molecular formula is C18H16ClN3O5S. The third-order valence-corrected chi connectivity index (χ3v) is 6.30. The van der Waals surface area contributed by atoms with Crippen LogP contribution in [-0.2, 0) is 14.8 Å². The molecular weight excluding hydrogens is 406 g/mol. The number of carbonyl (C=O) groups excluding carboxylic acids is 1. The van der Waals surface area contributed by atoms with Gasteiger partial charge in [0, 0.05) is 24.8 Å². The van der Waals surface area contributed by atoms with Gasteiger partial charge in [0.25, 0.3) is 5.69 Å². The molecule has 0 saturated carbocycles. The molecule has 0 atom stereocenters. The molecule has 2 aromatic carbocycles. The van der Waals surface area contributed by atoms with Crippen LogP contribution in [0.2, 0.25) is 5.02 Å². The number of hydrogen-bond donors (Lipinski definition) is 1. The van der Waals surface area contributed by atoms with Crippen molar-refractivity contribution >= 4 is 50.7 Å². The van der Waals surface area contributed by atoms with Crippen LogP contribution in [0.15, 0.2) is 48.5 Å².